The maximum atomic E-state index is 11.5. The van der Waals surface area contributed by atoms with Crippen LogP contribution in [0.2, 0.25) is 0 Å². The Kier molecular flexibility index (Phi) is 4.28. The minimum atomic E-state index is -3.10. The molecule has 0 aromatic carbocycles. The lowest BCUT2D eigenvalue weighted by atomic mass is 9.99. The first kappa shape index (κ1) is 14.2. The van der Waals surface area contributed by atoms with Crippen molar-refractivity contribution in [3.8, 4) is 0 Å². The van der Waals surface area contributed by atoms with E-state index in [-0.39, 0.29) is 0 Å². The van der Waals surface area contributed by atoms with Gasteiger partial charge in [0.05, 0.1) is 18.5 Å². The summed E-state index contributed by atoms with van der Waals surface area (Å²) >= 11 is 0. The van der Waals surface area contributed by atoms with Gasteiger partial charge in [-0.25, -0.2) is 12.7 Å². The van der Waals surface area contributed by atoms with Gasteiger partial charge in [0.2, 0.25) is 10.0 Å². The van der Waals surface area contributed by atoms with Crippen LogP contribution in [0.15, 0.2) is 0 Å². The number of hydrogen-bond acceptors (Lipinski definition) is 5. The van der Waals surface area contributed by atoms with Gasteiger partial charge in [-0.1, -0.05) is 0 Å². The molecule has 1 unspecified atom stereocenters. The van der Waals surface area contributed by atoms with Crippen molar-refractivity contribution in [1.82, 2.24) is 9.21 Å². The lowest BCUT2D eigenvalue weighted by Gasteiger charge is -2.33. The van der Waals surface area contributed by atoms with Gasteiger partial charge in [0, 0.05) is 32.7 Å². The predicted octanol–water partition coefficient (Wildman–Crippen LogP) is -1.30. The zero-order chi connectivity index (χ0) is 13.3. The summed E-state index contributed by atoms with van der Waals surface area (Å²) in [6.45, 7) is 2.88. The van der Waals surface area contributed by atoms with E-state index >= 15 is 0 Å². The molecule has 6 nitrogen and oxygen atoms in total. The van der Waals surface area contributed by atoms with E-state index in [0.29, 0.717) is 32.1 Å². The van der Waals surface area contributed by atoms with E-state index in [4.69, 9.17) is 0 Å². The number of piperidine rings is 1. The first-order valence-corrected chi connectivity index (χ1v) is 8.24. The van der Waals surface area contributed by atoms with Gasteiger partial charge in [0.25, 0.3) is 0 Å². The van der Waals surface area contributed by atoms with Crippen LogP contribution in [0.25, 0.3) is 0 Å². The van der Waals surface area contributed by atoms with Crippen LogP contribution in [0.1, 0.15) is 12.8 Å². The van der Waals surface area contributed by atoms with Crippen LogP contribution in [0.4, 0.5) is 0 Å². The van der Waals surface area contributed by atoms with Crippen LogP contribution in [0.3, 0.4) is 0 Å². The molecule has 0 aromatic rings. The highest BCUT2D eigenvalue weighted by Crippen LogP contribution is 2.21. The van der Waals surface area contributed by atoms with Crippen LogP contribution in [-0.2, 0) is 10.0 Å². The number of rotatable bonds is 3. The molecule has 0 aromatic heterocycles. The number of aliphatic hydroxyl groups excluding tert-OH is 2. The van der Waals surface area contributed by atoms with Gasteiger partial charge in [0.1, 0.15) is 0 Å². The van der Waals surface area contributed by atoms with E-state index in [1.807, 2.05) is 4.90 Å². The normalized spacial score (nSPS) is 36.1. The molecular weight excluding hydrogens is 256 g/mol. The van der Waals surface area contributed by atoms with E-state index < -0.39 is 22.2 Å². The average molecular weight is 278 g/mol. The molecule has 0 radical (unpaired) electrons. The Morgan fingerprint density at radius 1 is 1.17 bits per heavy atom. The summed E-state index contributed by atoms with van der Waals surface area (Å²) in [4.78, 5) is 2.02. The quantitative estimate of drug-likeness (QED) is 0.670. The van der Waals surface area contributed by atoms with Crippen molar-refractivity contribution in [2.45, 2.75) is 25.0 Å². The number of β-amino-alcohol motifs (C(OH)–C–C–N with tert-alkyl or cyclic N) is 2. The van der Waals surface area contributed by atoms with Crippen LogP contribution >= 0.6 is 0 Å². The van der Waals surface area contributed by atoms with Crippen molar-refractivity contribution >= 4 is 10.0 Å². The molecule has 0 saturated carbocycles. The van der Waals surface area contributed by atoms with Crippen molar-refractivity contribution in [3.63, 3.8) is 0 Å². The highest BCUT2D eigenvalue weighted by Gasteiger charge is 2.33. The molecule has 0 bridgehead atoms. The molecular formula is C11H22N2O4S. The van der Waals surface area contributed by atoms with Gasteiger partial charge in [0.15, 0.2) is 0 Å². The van der Waals surface area contributed by atoms with Crippen molar-refractivity contribution < 1.29 is 18.6 Å². The number of hydrogen-bond donors (Lipinski definition) is 2. The predicted molar refractivity (Wildman–Crippen MR) is 67.6 cm³/mol. The lowest BCUT2D eigenvalue weighted by molar-refractivity contribution is 0.0572. The lowest BCUT2D eigenvalue weighted by Crippen LogP contribution is -2.43. The summed E-state index contributed by atoms with van der Waals surface area (Å²) in [5.41, 5.74) is 0. The molecule has 2 fully saturated rings. The molecule has 0 spiro atoms. The molecule has 2 aliphatic rings. The van der Waals surface area contributed by atoms with E-state index in [9.17, 15) is 18.6 Å². The third-order valence-electron chi connectivity index (χ3n) is 3.80. The van der Waals surface area contributed by atoms with Crippen LogP contribution < -0.4 is 0 Å². The van der Waals surface area contributed by atoms with Crippen molar-refractivity contribution in [1.29, 1.82) is 0 Å². The Labute approximate surface area is 108 Å². The maximum Gasteiger partial charge on any atom is 0.211 e. The van der Waals surface area contributed by atoms with E-state index in [2.05, 4.69) is 0 Å². The van der Waals surface area contributed by atoms with Gasteiger partial charge in [-0.2, -0.15) is 0 Å². The molecule has 2 aliphatic heterocycles. The second kappa shape index (κ2) is 5.42. The molecule has 2 N–H and O–H groups in total. The Morgan fingerprint density at radius 3 is 2.33 bits per heavy atom. The molecule has 2 saturated heterocycles. The Balaban J connectivity index is 1.87. The molecule has 7 heteroatoms. The minimum absolute atomic E-state index is 0.297. The molecule has 18 heavy (non-hydrogen) atoms. The number of sulfonamides is 1. The first-order valence-electron chi connectivity index (χ1n) is 6.40. The van der Waals surface area contributed by atoms with Gasteiger partial charge in [-0.15, -0.1) is 0 Å². The average Bonchev–Trinajstić information content (AvgIpc) is 2.57. The van der Waals surface area contributed by atoms with Crippen LogP contribution in [-0.4, -0.2) is 79.0 Å². The zero-order valence-corrected chi connectivity index (χ0v) is 11.5. The highest BCUT2D eigenvalue weighted by atomic mass is 32.2. The summed E-state index contributed by atoms with van der Waals surface area (Å²) in [6.07, 6.45) is 1.81. The number of likely N-dealkylation sites (tertiary alicyclic amines) is 1. The fraction of sp³-hybridized carbons (Fsp3) is 1.00. The third kappa shape index (κ3) is 3.42. The molecule has 106 valence electrons. The topological polar surface area (TPSA) is 81.1 Å². The maximum absolute atomic E-state index is 11.5. The summed E-state index contributed by atoms with van der Waals surface area (Å²) in [5, 5.41) is 19.0. The number of nitrogens with zero attached hydrogens (tertiary/aromatic N) is 2. The van der Waals surface area contributed by atoms with Crippen LogP contribution in [0, 0.1) is 5.92 Å². The Hall–Kier alpha value is -0.210. The second-order valence-electron chi connectivity index (χ2n) is 5.48. The molecule has 3 atom stereocenters. The summed E-state index contributed by atoms with van der Waals surface area (Å²) in [5.74, 6) is 0.297. The standard InChI is InChI=1S/C11H22N2O4S/c1-18(16,17)13-4-2-3-9(6-13)5-12-7-10(14)11(15)8-12/h9-11,14-15H,2-8H2,1H3/t9?,10-,11+. The Bertz CT molecular complexity index is 377. The monoisotopic (exact) mass is 278 g/mol. The van der Waals surface area contributed by atoms with Gasteiger partial charge >= 0.3 is 0 Å². The minimum Gasteiger partial charge on any atom is -0.389 e. The van der Waals surface area contributed by atoms with E-state index in [1.165, 1.54) is 10.6 Å². The van der Waals surface area contributed by atoms with E-state index in [0.717, 1.165) is 19.4 Å². The van der Waals surface area contributed by atoms with Crippen LogP contribution in [0.5, 0.6) is 0 Å². The summed E-state index contributed by atoms with van der Waals surface area (Å²) < 4.78 is 24.5. The number of aliphatic hydroxyl groups is 2. The van der Waals surface area contributed by atoms with Crippen molar-refractivity contribution in [3.05, 3.63) is 0 Å². The smallest absolute Gasteiger partial charge is 0.211 e. The first-order chi connectivity index (χ1) is 8.36. The largest absolute Gasteiger partial charge is 0.389 e. The van der Waals surface area contributed by atoms with E-state index in [1.54, 1.807) is 0 Å². The Morgan fingerprint density at radius 2 is 1.78 bits per heavy atom. The van der Waals surface area contributed by atoms with Crippen molar-refractivity contribution in [2.75, 3.05) is 39.0 Å². The van der Waals surface area contributed by atoms with Gasteiger partial charge < -0.3 is 10.2 Å². The SMILES string of the molecule is CS(=O)(=O)N1CCCC(CN2C[C@@H](O)[C@@H](O)C2)C1. The zero-order valence-electron chi connectivity index (χ0n) is 10.7. The fourth-order valence-electron chi connectivity index (χ4n) is 2.84. The third-order valence-corrected chi connectivity index (χ3v) is 5.07. The highest BCUT2D eigenvalue weighted by molar-refractivity contribution is 7.88. The fourth-order valence-corrected chi connectivity index (χ4v) is 3.78. The second-order valence-corrected chi connectivity index (χ2v) is 7.46. The molecule has 2 heterocycles. The molecule has 2 rings (SSSR count). The summed E-state index contributed by atoms with van der Waals surface area (Å²) in [7, 11) is -3.10. The summed E-state index contributed by atoms with van der Waals surface area (Å²) in [6, 6.07) is 0. The molecule has 0 amide bonds. The van der Waals surface area contributed by atoms with Gasteiger partial charge in [-0.3, -0.25) is 4.90 Å². The van der Waals surface area contributed by atoms with Crippen molar-refractivity contribution in [2.24, 2.45) is 5.92 Å². The van der Waals surface area contributed by atoms with Gasteiger partial charge in [-0.05, 0) is 18.8 Å². The molecule has 0 aliphatic carbocycles.